The minimum Gasteiger partial charge on any atom is -0.394 e. The Morgan fingerprint density at radius 2 is 2.08 bits per heavy atom. The number of carbonyl (C=O) groups is 1. The van der Waals surface area contributed by atoms with Crippen molar-refractivity contribution in [3.8, 4) is 0 Å². The summed E-state index contributed by atoms with van der Waals surface area (Å²) in [6.07, 6.45) is 3.25. The normalized spacial score (nSPS) is 12.6. The van der Waals surface area contributed by atoms with Crippen LogP contribution in [-0.4, -0.2) is 23.7 Å². The van der Waals surface area contributed by atoms with Crippen LogP contribution in [-0.2, 0) is 4.79 Å². The highest BCUT2D eigenvalue weighted by atomic mass is 16.3. The van der Waals surface area contributed by atoms with Gasteiger partial charge in [0.05, 0.1) is 12.6 Å². The highest BCUT2D eigenvalue weighted by molar-refractivity contribution is 5.76. The quantitative estimate of drug-likeness (QED) is 0.631. The van der Waals surface area contributed by atoms with Gasteiger partial charge in [-0.05, 0) is 12.8 Å². The third-order valence-electron chi connectivity index (χ3n) is 1.70. The van der Waals surface area contributed by atoms with Gasteiger partial charge in [0.25, 0.3) is 0 Å². The van der Waals surface area contributed by atoms with E-state index in [9.17, 15) is 4.79 Å². The summed E-state index contributed by atoms with van der Waals surface area (Å²) in [5, 5.41) is 11.6. The molecule has 1 amide bonds. The zero-order chi connectivity index (χ0) is 9.40. The molecule has 0 saturated carbocycles. The zero-order valence-electron chi connectivity index (χ0n) is 7.97. The van der Waals surface area contributed by atoms with Gasteiger partial charge in [0.15, 0.2) is 0 Å². The average Bonchev–Trinajstić information content (AvgIpc) is 2.04. The molecular weight excluding hydrogens is 154 g/mol. The molecule has 72 valence electrons. The fourth-order valence-corrected chi connectivity index (χ4v) is 1.08. The predicted molar refractivity (Wildman–Crippen MR) is 48.8 cm³/mol. The Labute approximate surface area is 74.2 Å². The fourth-order valence-electron chi connectivity index (χ4n) is 1.08. The molecule has 2 N–H and O–H groups in total. The first kappa shape index (κ1) is 11.4. The van der Waals surface area contributed by atoms with Crippen LogP contribution in [0, 0.1) is 0 Å². The van der Waals surface area contributed by atoms with Crippen LogP contribution in [0.5, 0.6) is 0 Å². The second kappa shape index (κ2) is 7.10. The summed E-state index contributed by atoms with van der Waals surface area (Å²) < 4.78 is 0. The third-order valence-corrected chi connectivity index (χ3v) is 1.70. The molecule has 0 aliphatic carbocycles. The smallest absolute Gasteiger partial charge is 0.220 e. The van der Waals surface area contributed by atoms with Gasteiger partial charge in [-0.15, -0.1) is 0 Å². The zero-order valence-corrected chi connectivity index (χ0v) is 7.97. The lowest BCUT2D eigenvalue weighted by Gasteiger charge is -2.14. The third kappa shape index (κ3) is 5.13. The molecule has 0 rings (SSSR count). The van der Waals surface area contributed by atoms with Gasteiger partial charge < -0.3 is 10.4 Å². The van der Waals surface area contributed by atoms with E-state index in [1.54, 1.807) is 0 Å². The van der Waals surface area contributed by atoms with Crippen LogP contribution < -0.4 is 5.32 Å². The standard InChI is InChI=1S/C9H19NO2/c1-3-5-8(7-11)10-9(12)6-4-2/h8,11H,3-7H2,1-2H3,(H,10,12)/t8-/m1/s1. The highest BCUT2D eigenvalue weighted by Crippen LogP contribution is 1.96. The molecule has 0 radical (unpaired) electrons. The van der Waals surface area contributed by atoms with E-state index in [4.69, 9.17) is 5.11 Å². The second-order valence-corrected chi connectivity index (χ2v) is 2.99. The number of aliphatic hydroxyl groups is 1. The fraction of sp³-hybridized carbons (Fsp3) is 0.889. The van der Waals surface area contributed by atoms with Crippen molar-refractivity contribution in [3.05, 3.63) is 0 Å². The molecule has 0 spiro atoms. The van der Waals surface area contributed by atoms with E-state index in [2.05, 4.69) is 5.32 Å². The number of amides is 1. The molecule has 0 aromatic rings. The van der Waals surface area contributed by atoms with Crippen molar-refractivity contribution in [1.82, 2.24) is 5.32 Å². The first-order chi connectivity index (χ1) is 5.74. The minimum atomic E-state index is -0.0472. The molecule has 1 atom stereocenters. The van der Waals surface area contributed by atoms with E-state index >= 15 is 0 Å². The molecule has 3 heteroatoms. The summed E-state index contributed by atoms with van der Waals surface area (Å²) in [7, 11) is 0. The number of hydrogen-bond donors (Lipinski definition) is 2. The maximum absolute atomic E-state index is 11.1. The Hall–Kier alpha value is -0.570. The summed E-state index contributed by atoms with van der Waals surface area (Å²) >= 11 is 0. The van der Waals surface area contributed by atoms with Crippen molar-refractivity contribution in [2.45, 2.75) is 45.6 Å². The Bertz CT molecular complexity index is 126. The summed E-state index contributed by atoms with van der Waals surface area (Å²) in [6, 6.07) is -0.0472. The van der Waals surface area contributed by atoms with E-state index < -0.39 is 0 Å². The molecule has 3 nitrogen and oxygen atoms in total. The first-order valence-corrected chi connectivity index (χ1v) is 4.64. The number of hydrogen-bond acceptors (Lipinski definition) is 2. The van der Waals surface area contributed by atoms with Crippen molar-refractivity contribution in [3.63, 3.8) is 0 Å². The number of nitrogens with one attached hydrogen (secondary N) is 1. The monoisotopic (exact) mass is 173 g/mol. The maximum Gasteiger partial charge on any atom is 0.220 e. The summed E-state index contributed by atoms with van der Waals surface area (Å²) in [5.74, 6) is 0.0463. The topological polar surface area (TPSA) is 49.3 Å². The van der Waals surface area contributed by atoms with Crippen molar-refractivity contribution in [2.24, 2.45) is 0 Å². The number of carbonyl (C=O) groups excluding carboxylic acids is 1. The number of aliphatic hydroxyl groups excluding tert-OH is 1. The van der Waals surface area contributed by atoms with Crippen LogP contribution in [0.1, 0.15) is 39.5 Å². The first-order valence-electron chi connectivity index (χ1n) is 4.64. The van der Waals surface area contributed by atoms with Gasteiger partial charge >= 0.3 is 0 Å². The van der Waals surface area contributed by atoms with Gasteiger partial charge in [-0.25, -0.2) is 0 Å². The van der Waals surface area contributed by atoms with Crippen LogP contribution >= 0.6 is 0 Å². The van der Waals surface area contributed by atoms with Gasteiger partial charge in [0.1, 0.15) is 0 Å². The predicted octanol–water partition coefficient (Wildman–Crippen LogP) is 1.06. The Balaban J connectivity index is 3.61. The second-order valence-electron chi connectivity index (χ2n) is 2.99. The largest absolute Gasteiger partial charge is 0.394 e. The SMILES string of the molecule is CCCC(=O)N[C@@H](CO)CCC. The van der Waals surface area contributed by atoms with Crippen molar-refractivity contribution < 1.29 is 9.90 Å². The lowest BCUT2D eigenvalue weighted by Crippen LogP contribution is -2.37. The van der Waals surface area contributed by atoms with Gasteiger partial charge in [0.2, 0.25) is 5.91 Å². The lowest BCUT2D eigenvalue weighted by atomic mass is 10.1. The van der Waals surface area contributed by atoms with Crippen molar-refractivity contribution in [1.29, 1.82) is 0 Å². The molecule has 0 aromatic heterocycles. The molecule has 0 unspecified atom stereocenters. The molecule has 0 fully saturated rings. The maximum atomic E-state index is 11.1. The van der Waals surface area contributed by atoms with Crippen LogP contribution in [0.25, 0.3) is 0 Å². The Kier molecular flexibility index (Phi) is 6.76. The van der Waals surface area contributed by atoms with E-state index in [0.717, 1.165) is 19.3 Å². The number of rotatable bonds is 6. The molecule has 0 bridgehead atoms. The molecular formula is C9H19NO2. The average molecular weight is 173 g/mol. The van der Waals surface area contributed by atoms with E-state index in [0.29, 0.717) is 6.42 Å². The summed E-state index contributed by atoms with van der Waals surface area (Å²) in [4.78, 5) is 11.1. The minimum absolute atomic E-state index is 0.0449. The molecule has 12 heavy (non-hydrogen) atoms. The lowest BCUT2D eigenvalue weighted by molar-refractivity contribution is -0.122. The Morgan fingerprint density at radius 3 is 2.50 bits per heavy atom. The van der Waals surface area contributed by atoms with Crippen LogP contribution in [0.4, 0.5) is 0 Å². The van der Waals surface area contributed by atoms with E-state index in [1.807, 2.05) is 13.8 Å². The van der Waals surface area contributed by atoms with E-state index in [-0.39, 0.29) is 18.6 Å². The van der Waals surface area contributed by atoms with E-state index in [1.165, 1.54) is 0 Å². The van der Waals surface area contributed by atoms with Crippen LogP contribution in [0.15, 0.2) is 0 Å². The molecule has 0 aliphatic heterocycles. The molecule has 0 aromatic carbocycles. The van der Waals surface area contributed by atoms with Gasteiger partial charge in [0, 0.05) is 6.42 Å². The van der Waals surface area contributed by atoms with Gasteiger partial charge in [-0.1, -0.05) is 20.3 Å². The molecule has 0 saturated heterocycles. The van der Waals surface area contributed by atoms with Gasteiger partial charge in [-0.3, -0.25) is 4.79 Å². The van der Waals surface area contributed by atoms with Crippen molar-refractivity contribution in [2.75, 3.05) is 6.61 Å². The summed E-state index contributed by atoms with van der Waals surface area (Å²) in [6.45, 7) is 4.05. The Morgan fingerprint density at radius 1 is 1.42 bits per heavy atom. The van der Waals surface area contributed by atoms with Gasteiger partial charge in [-0.2, -0.15) is 0 Å². The van der Waals surface area contributed by atoms with Crippen LogP contribution in [0.3, 0.4) is 0 Å². The molecule has 0 aliphatic rings. The summed E-state index contributed by atoms with van der Waals surface area (Å²) in [5.41, 5.74) is 0. The van der Waals surface area contributed by atoms with Crippen molar-refractivity contribution >= 4 is 5.91 Å². The molecule has 0 heterocycles. The van der Waals surface area contributed by atoms with Crippen LogP contribution in [0.2, 0.25) is 0 Å². The highest BCUT2D eigenvalue weighted by Gasteiger charge is 2.08.